The van der Waals surface area contributed by atoms with Gasteiger partial charge in [0.25, 0.3) is 0 Å². The minimum atomic E-state index is -0.535. The molecule has 0 amide bonds. The standard InChI is InChI=1S/C28H24BrNO3/c1-16-10-11-21(12-17(16)2)24(31)15-33-28(32)25-19(4)27(20-8-6-5-7-9-20)30-26-18(3)13-22(29)14-23(25)26/h5-14H,15H2,1-4H3. The summed E-state index contributed by atoms with van der Waals surface area (Å²) in [6.07, 6.45) is 0. The van der Waals surface area contributed by atoms with Crippen molar-refractivity contribution < 1.29 is 14.3 Å². The van der Waals surface area contributed by atoms with E-state index >= 15 is 0 Å². The molecule has 0 unspecified atom stereocenters. The van der Waals surface area contributed by atoms with Crippen molar-refractivity contribution in [1.29, 1.82) is 0 Å². The van der Waals surface area contributed by atoms with Crippen LogP contribution in [0.1, 0.15) is 43.0 Å². The van der Waals surface area contributed by atoms with Gasteiger partial charge in [-0.2, -0.15) is 0 Å². The molecule has 0 atom stereocenters. The predicted octanol–water partition coefficient (Wildman–Crippen LogP) is 6.94. The lowest BCUT2D eigenvalue weighted by Crippen LogP contribution is -2.16. The number of carbonyl (C=O) groups is 2. The monoisotopic (exact) mass is 501 g/mol. The number of benzene rings is 3. The number of ether oxygens (including phenoxy) is 1. The van der Waals surface area contributed by atoms with E-state index in [1.165, 1.54) is 0 Å². The van der Waals surface area contributed by atoms with Crippen LogP contribution in [0.3, 0.4) is 0 Å². The quantitative estimate of drug-likeness (QED) is 0.219. The number of esters is 1. The van der Waals surface area contributed by atoms with Gasteiger partial charge < -0.3 is 4.74 Å². The number of halogens is 1. The van der Waals surface area contributed by atoms with E-state index in [0.29, 0.717) is 16.5 Å². The molecule has 166 valence electrons. The van der Waals surface area contributed by atoms with E-state index in [4.69, 9.17) is 9.72 Å². The highest BCUT2D eigenvalue weighted by atomic mass is 79.9. The minimum absolute atomic E-state index is 0.233. The van der Waals surface area contributed by atoms with Crippen LogP contribution in [-0.4, -0.2) is 23.3 Å². The van der Waals surface area contributed by atoms with Crippen molar-refractivity contribution >= 4 is 38.6 Å². The smallest absolute Gasteiger partial charge is 0.339 e. The third-order valence-corrected chi connectivity index (χ3v) is 6.36. The molecule has 4 rings (SSSR count). The number of fused-ring (bicyclic) bond motifs is 1. The van der Waals surface area contributed by atoms with Crippen LogP contribution in [0, 0.1) is 27.7 Å². The van der Waals surface area contributed by atoms with E-state index in [2.05, 4.69) is 15.9 Å². The molecule has 3 aromatic carbocycles. The Kier molecular flexibility index (Phi) is 6.43. The van der Waals surface area contributed by atoms with Crippen LogP contribution in [0.2, 0.25) is 0 Å². The van der Waals surface area contributed by atoms with Crippen molar-refractivity contribution in [3.8, 4) is 11.3 Å². The molecule has 1 aromatic heterocycles. The summed E-state index contributed by atoms with van der Waals surface area (Å²) in [6, 6.07) is 19.1. The van der Waals surface area contributed by atoms with Crippen LogP contribution in [-0.2, 0) is 4.74 Å². The molecule has 0 aliphatic carbocycles. The first-order chi connectivity index (χ1) is 15.8. The van der Waals surface area contributed by atoms with Crippen LogP contribution in [0.15, 0.2) is 65.1 Å². The van der Waals surface area contributed by atoms with Crippen molar-refractivity contribution in [2.45, 2.75) is 27.7 Å². The first-order valence-electron chi connectivity index (χ1n) is 10.7. The van der Waals surface area contributed by atoms with Gasteiger partial charge in [-0.3, -0.25) is 4.79 Å². The van der Waals surface area contributed by atoms with E-state index < -0.39 is 5.97 Å². The SMILES string of the molecule is Cc1ccc(C(=O)COC(=O)c2c(C)c(-c3ccccc3)nc3c(C)cc(Br)cc23)cc1C. The summed E-state index contributed by atoms with van der Waals surface area (Å²) < 4.78 is 6.39. The predicted molar refractivity (Wildman–Crippen MR) is 135 cm³/mol. The number of rotatable bonds is 5. The summed E-state index contributed by atoms with van der Waals surface area (Å²) in [5, 5.41) is 0.697. The fourth-order valence-corrected chi connectivity index (χ4v) is 4.50. The molecule has 4 aromatic rings. The number of Topliss-reactive ketones (excluding diaryl/α,β-unsaturated/α-hetero) is 1. The zero-order valence-corrected chi connectivity index (χ0v) is 20.6. The lowest BCUT2D eigenvalue weighted by atomic mass is 9.96. The Labute approximate surface area is 201 Å². The fraction of sp³-hybridized carbons (Fsp3) is 0.179. The summed E-state index contributed by atoms with van der Waals surface area (Å²) in [5.74, 6) is -0.769. The molecule has 0 bridgehead atoms. The number of hydrogen-bond donors (Lipinski definition) is 0. The maximum Gasteiger partial charge on any atom is 0.339 e. The normalized spacial score (nSPS) is 10.9. The molecule has 0 aliphatic rings. The molecule has 4 nitrogen and oxygen atoms in total. The second-order valence-corrected chi connectivity index (χ2v) is 9.16. The Morgan fingerprint density at radius 2 is 1.61 bits per heavy atom. The fourth-order valence-electron chi connectivity index (χ4n) is 3.93. The maximum atomic E-state index is 13.3. The van der Waals surface area contributed by atoms with Gasteiger partial charge in [-0.25, -0.2) is 9.78 Å². The third kappa shape index (κ3) is 4.60. The number of pyridine rings is 1. The molecular weight excluding hydrogens is 478 g/mol. The number of carbonyl (C=O) groups excluding carboxylic acids is 2. The van der Waals surface area contributed by atoms with Gasteiger partial charge in [-0.05, 0) is 68.1 Å². The zero-order valence-electron chi connectivity index (χ0n) is 19.0. The van der Waals surface area contributed by atoms with Gasteiger partial charge in [-0.1, -0.05) is 58.4 Å². The Balaban J connectivity index is 1.75. The maximum absolute atomic E-state index is 13.3. The van der Waals surface area contributed by atoms with Gasteiger partial charge in [-0.15, -0.1) is 0 Å². The first kappa shape index (κ1) is 22.9. The molecular formula is C28H24BrNO3. The number of aryl methyl sites for hydroxylation is 3. The summed E-state index contributed by atoms with van der Waals surface area (Å²) in [6.45, 7) is 7.45. The third-order valence-electron chi connectivity index (χ3n) is 5.90. The van der Waals surface area contributed by atoms with Crippen molar-refractivity contribution in [1.82, 2.24) is 4.98 Å². The van der Waals surface area contributed by atoms with Crippen molar-refractivity contribution in [3.05, 3.63) is 98.5 Å². The van der Waals surface area contributed by atoms with Gasteiger partial charge >= 0.3 is 5.97 Å². The van der Waals surface area contributed by atoms with E-state index in [1.807, 2.05) is 82.3 Å². The van der Waals surface area contributed by atoms with Gasteiger partial charge in [0.1, 0.15) is 0 Å². The number of ketones is 1. The van der Waals surface area contributed by atoms with Gasteiger partial charge in [0, 0.05) is 21.0 Å². The molecule has 0 N–H and O–H groups in total. The molecule has 0 aliphatic heterocycles. The molecule has 0 saturated carbocycles. The molecule has 5 heteroatoms. The van der Waals surface area contributed by atoms with Crippen LogP contribution in [0.25, 0.3) is 22.2 Å². The lowest BCUT2D eigenvalue weighted by Gasteiger charge is -2.16. The Hall–Kier alpha value is -3.31. The van der Waals surface area contributed by atoms with Crippen LogP contribution in [0.5, 0.6) is 0 Å². The Morgan fingerprint density at radius 3 is 2.30 bits per heavy atom. The van der Waals surface area contributed by atoms with E-state index in [1.54, 1.807) is 6.07 Å². The van der Waals surface area contributed by atoms with Gasteiger partial charge in [0.2, 0.25) is 0 Å². The average molecular weight is 502 g/mol. The van der Waals surface area contributed by atoms with Crippen LogP contribution in [0.4, 0.5) is 0 Å². The largest absolute Gasteiger partial charge is 0.454 e. The van der Waals surface area contributed by atoms with Crippen molar-refractivity contribution in [2.75, 3.05) is 6.61 Å². The second kappa shape index (κ2) is 9.28. The number of hydrogen-bond acceptors (Lipinski definition) is 4. The molecule has 1 heterocycles. The van der Waals surface area contributed by atoms with E-state index in [-0.39, 0.29) is 12.4 Å². The Bertz CT molecular complexity index is 1390. The second-order valence-electron chi connectivity index (χ2n) is 8.24. The van der Waals surface area contributed by atoms with E-state index in [9.17, 15) is 9.59 Å². The first-order valence-corrected chi connectivity index (χ1v) is 11.5. The highest BCUT2D eigenvalue weighted by Crippen LogP contribution is 2.33. The van der Waals surface area contributed by atoms with E-state index in [0.717, 1.165) is 43.5 Å². The zero-order chi connectivity index (χ0) is 23.7. The summed E-state index contributed by atoms with van der Waals surface area (Å²) >= 11 is 3.53. The van der Waals surface area contributed by atoms with Crippen molar-refractivity contribution in [2.24, 2.45) is 0 Å². The molecule has 0 fully saturated rings. The highest BCUT2D eigenvalue weighted by Gasteiger charge is 2.22. The average Bonchev–Trinajstić information content (AvgIpc) is 2.79. The summed E-state index contributed by atoms with van der Waals surface area (Å²) in [5.41, 5.74) is 7.12. The molecule has 0 radical (unpaired) electrons. The van der Waals surface area contributed by atoms with Crippen LogP contribution < -0.4 is 0 Å². The molecule has 0 spiro atoms. The minimum Gasteiger partial charge on any atom is -0.454 e. The molecule has 33 heavy (non-hydrogen) atoms. The topological polar surface area (TPSA) is 56.3 Å². The van der Waals surface area contributed by atoms with Crippen molar-refractivity contribution in [3.63, 3.8) is 0 Å². The van der Waals surface area contributed by atoms with Gasteiger partial charge in [0.05, 0.1) is 16.8 Å². The highest BCUT2D eigenvalue weighted by molar-refractivity contribution is 9.10. The lowest BCUT2D eigenvalue weighted by molar-refractivity contribution is 0.0476. The molecule has 0 saturated heterocycles. The number of nitrogens with zero attached hydrogens (tertiary/aromatic N) is 1. The summed E-state index contributed by atoms with van der Waals surface area (Å²) in [4.78, 5) is 30.9. The number of aromatic nitrogens is 1. The van der Waals surface area contributed by atoms with Gasteiger partial charge in [0.15, 0.2) is 12.4 Å². The summed E-state index contributed by atoms with van der Waals surface area (Å²) in [7, 11) is 0. The Morgan fingerprint density at radius 1 is 0.879 bits per heavy atom. The van der Waals surface area contributed by atoms with Crippen LogP contribution >= 0.6 is 15.9 Å².